The van der Waals surface area contributed by atoms with Crippen LogP contribution in [0.4, 0.5) is 5.95 Å². The van der Waals surface area contributed by atoms with Crippen LogP contribution in [0.25, 0.3) is 22.3 Å². The molecule has 0 saturated carbocycles. The Morgan fingerprint density at radius 2 is 1.83 bits per heavy atom. The van der Waals surface area contributed by atoms with E-state index in [4.69, 9.17) is 0 Å². The SMILES string of the molecule is CCc1cnc(N2CCC(n3nnc4cc(-c5cccnc5C)ncc43)CC2)nc1. The summed E-state index contributed by atoms with van der Waals surface area (Å²) in [7, 11) is 0. The summed E-state index contributed by atoms with van der Waals surface area (Å²) >= 11 is 0. The molecule has 0 aromatic carbocycles. The molecule has 0 unspecified atom stereocenters. The van der Waals surface area contributed by atoms with Crippen molar-refractivity contribution >= 4 is 17.0 Å². The van der Waals surface area contributed by atoms with Crippen LogP contribution in [0.15, 0.2) is 43.0 Å². The molecule has 1 aliphatic rings. The monoisotopic (exact) mass is 400 g/mol. The zero-order valence-corrected chi connectivity index (χ0v) is 17.2. The quantitative estimate of drug-likeness (QED) is 0.519. The van der Waals surface area contributed by atoms with Gasteiger partial charge >= 0.3 is 0 Å². The number of hydrogen-bond donors (Lipinski definition) is 0. The Labute approximate surface area is 175 Å². The summed E-state index contributed by atoms with van der Waals surface area (Å²) in [6.07, 6.45) is 10.4. The van der Waals surface area contributed by atoms with E-state index >= 15 is 0 Å². The second-order valence-corrected chi connectivity index (χ2v) is 7.69. The van der Waals surface area contributed by atoms with E-state index < -0.39 is 0 Å². The van der Waals surface area contributed by atoms with Crippen LogP contribution in [0.1, 0.15) is 37.1 Å². The van der Waals surface area contributed by atoms with Gasteiger partial charge in [-0.2, -0.15) is 0 Å². The number of rotatable bonds is 4. The van der Waals surface area contributed by atoms with Crippen LogP contribution in [0.5, 0.6) is 0 Å². The Balaban J connectivity index is 1.34. The summed E-state index contributed by atoms with van der Waals surface area (Å²) in [5, 5.41) is 8.88. The molecule has 5 rings (SSSR count). The number of nitrogens with zero attached hydrogens (tertiary/aromatic N) is 8. The zero-order chi connectivity index (χ0) is 20.5. The Bertz CT molecular complexity index is 1160. The summed E-state index contributed by atoms with van der Waals surface area (Å²) in [5.74, 6) is 0.812. The minimum atomic E-state index is 0.300. The molecule has 0 N–H and O–H groups in total. The fourth-order valence-electron chi connectivity index (χ4n) is 4.01. The second kappa shape index (κ2) is 7.78. The van der Waals surface area contributed by atoms with E-state index in [0.29, 0.717) is 6.04 Å². The summed E-state index contributed by atoms with van der Waals surface area (Å²) in [6.45, 7) is 5.91. The largest absolute Gasteiger partial charge is 0.341 e. The smallest absolute Gasteiger partial charge is 0.225 e. The highest BCUT2D eigenvalue weighted by molar-refractivity contribution is 5.79. The number of aryl methyl sites for hydroxylation is 2. The first-order valence-electron chi connectivity index (χ1n) is 10.4. The molecule has 0 spiro atoms. The molecular weight excluding hydrogens is 376 g/mol. The van der Waals surface area contributed by atoms with Crippen molar-refractivity contribution in [3.05, 3.63) is 54.2 Å². The van der Waals surface area contributed by atoms with Crippen LogP contribution in [0.3, 0.4) is 0 Å². The standard InChI is InChI=1S/C22H24N8/c1-3-16-12-25-22(26-13-16)29-9-6-17(7-10-29)30-21-14-24-19(11-20(21)27-28-30)18-5-4-8-23-15(18)2/h4-5,8,11-14,17H,3,6-7,9-10H2,1-2H3. The molecule has 0 amide bonds. The van der Waals surface area contributed by atoms with Gasteiger partial charge < -0.3 is 4.90 Å². The molecule has 0 aliphatic carbocycles. The van der Waals surface area contributed by atoms with Crippen molar-refractivity contribution in [3.8, 4) is 11.3 Å². The van der Waals surface area contributed by atoms with Gasteiger partial charge in [-0.1, -0.05) is 12.1 Å². The predicted octanol–water partition coefficient (Wildman–Crippen LogP) is 3.39. The fraction of sp³-hybridized carbons (Fsp3) is 0.364. The van der Waals surface area contributed by atoms with Gasteiger partial charge in [-0.25, -0.2) is 14.6 Å². The van der Waals surface area contributed by atoms with Crippen LogP contribution >= 0.6 is 0 Å². The average molecular weight is 400 g/mol. The first-order valence-corrected chi connectivity index (χ1v) is 10.4. The molecule has 8 heteroatoms. The molecule has 1 fully saturated rings. The van der Waals surface area contributed by atoms with E-state index in [1.54, 1.807) is 6.20 Å². The zero-order valence-electron chi connectivity index (χ0n) is 17.2. The normalized spacial score (nSPS) is 15.1. The van der Waals surface area contributed by atoms with Gasteiger partial charge in [-0.15, -0.1) is 5.10 Å². The van der Waals surface area contributed by atoms with Crippen LogP contribution in [0.2, 0.25) is 0 Å². The van der Waals surface area contributed by atoms with E-state index in [-0.39, 0.29) is 0 Å². The fourth-order valence-corrected chi connectivity index (χ4v) is 4.01. The highest BCUT2D eigenvalue weighted by atomic mass is 15.4. The maximum atomic E-state index is 4.67. The Kier molecular flexibility index (Phi) is 4.82. The van der Waals surface area contributed by atoms with Crippen molar-refractivity contribution < 1.29 is 0 Å². The van der Waals surface area contributed by atoms with Crippen LogP contribution in [-0.2, 0) is 6.42 Å². The lowest BCUT2D eigenvalue weighted by Gasteiger charge is -2.32. The lowest BCUT2D eigenvalue weighted by Crippen LogP contribution is -2.36. The Morgan fingerprint density at radius 1 is 1.03 bits per heavy atom. The average Bonchev–Trinajstić information content (AvgIpc) is 3.23. The van der Waals surface area contributed by atoms with Gasteiger partial charge in [0, 0.05) is 42.9 Å². The minimum absolute atomic E-state index is 0.300. The molecule has 152 valence electrons. The van der Waals surface area contributed by atoms with Crippen molar-refractivity contribution in [2.45, 2.75) is 39.2 Å². The summed E-state index contributed by atoms with van der Waals surface area (Å²) < 4.78 is 2.03. The first kappa shape index (κ1) is 18.6. The van der Waals surface area contributed by atoms with Gasteiger partial charge in [-0.3, -0.25) is 9.97 Å². The third-order valence-corrected chi connectivity index (χ3v) is 5.83. The molecule has 1 aliphatic heterocycles. The highest BCUT2D eigenvalue weighted by Gasteiger charge is 2.24. The van der Waals surface area contributed by atoms with E-state index in [9.17, 15) is 0 Å². The molecule has 1 saturated heterocycles. The van der Waals surface area contributed by atoms with E-state index in [2.05, 4.69) is 42.1 Å². The van der Waals surface area contributed by atoms with Gasteiger partial charge in [0.05, 0.1) is 17.9 Å². The summed E-state index contributed by atoms with van der Waals surface area (Å²) in [4.78, 5) is 20.3. The molecule has 4 aromatic rings. The Hall–Kier alpha value is -3.42. The Morgan fingerprint density at radius 3 is 2.57 bits per heavy atom. The number of fused-ring (bicyclic) bond motifs is 1. The van der Waals surface area contributed by atoms with Gasteiger partial charge in [-0.05, 0) is 49.9 Å². The molecule has 30 heavy (non-hydrogen) atoms. The topological polar surface area (TPSA) is 85.5 Å². The third-order valence-electron chi connectivity index (χ3n) is 5.83. The second-order valence-electron chi connectivity index (χ2n) is 7.69. The highest BCUT2D eigenvalue weighted by Crippen LogP contribution is 2.28. The van der Waals surface area contributed by atoms with Gasteiger partial charge in [0.1, 0.15) is 11.0 Å². The predicted molar refractivity (Wildman–Crippen MR) is 115 cm³/mol. The maximum Gasteiger partial charge on any atom is 0.225 e. The van der Waals surface area contributed by atoms with Crippen molar-refractivity contribution in [2.24, 2.45) is 0 Å². The molecule has 4 aromatic heterocycles. The molecular formula is C22H24N8. The number of anilines is 1. The van der Waals surface area contributed by atoms with E-state index in [1.165, 1.54) is 0 Å². The molecule has 5 heterocycles. The lowest BCUT2D eigenvalue weighted by atomic mass is 10.1. The van der Waals surface area contributed by atoms with Gasteiger partial charge in [0.2, 0.25) is 5.95 Å². The lowest BCUT2D eigenvalue weighted by molar-refractivity contribution is 0.366. The first-order chi connectivity index (χ1) is 14.7. The third kappa shape index (κ3) is 3.38. The van der Waals surface area contributed by atoms with Crippen LogP contribution in [-0.4, -0.2) is 48.0 Å². The minimum Gasteiger partial charge on any atom is -0.341 e. The number of piperidine rings is 1. The summed E-state index contributed by atoms with van der Waals surface area (Å²) in [6, 6.07) is 6.26. The van der Waals surface area contributed by atoms with Crippen LogP contribution in [0, 0.1) is 6.92 Å². The molecule has 0 radical (unpaired) electrons. The maximum absolute atomic E-state index is 4.67. The van der Waals surface area contributed by atoms with Crippen LogP contribution < -0.4 is 4.90 Å². The van der Waals surface area contributed by atoms with Crippen molar-refractivity contribution in [1.82, 2.24) is 34.9 Å². The summed E-state index contributed by atoms with van der Waals surface area (Å²) in [5.41, 5.74) is 5.86. The number of hydrogen-bond acceptors (Lipinski definition) is 7. The van der Waals surface area contributed by atoms with E-state index in [1.807, 2.05) is 48.4 Å². The molecule has 0 bridgehead atoms. The number of aromatic nitrogens is 7. The number of pyridine rings is 2. The molecule has 0 atom stereocenters. The van der Waals surface area contributed by atoms with Crippen molar-refractivity contribution in [2.75, 3.05) is 18.0 Å². The van der Waals surface area contributed by atoms with Gasteiger partial charge in [0.15, 0.2) is 0 Å². The molecule has 8 nitrogen and oxygen atoms in total. The van der Waals surface area contributed by atoms with Gasteiger partial charge in [0.25, 0.3) is 0 Å². The van der Waals surface area contributed by atoms with E-state index in [0.717, 1.165) is 71.8 Å². The van der Waals surface area contributed by atoms with Crippen molar-refractivity contribution in [1.29, 1.82) is 0 Å². The van der Waals surface area contributed by atoms with Crippen molar-refractivity contribution in [3.63, 3.8) is 0 Å².